The van der Waals surface area contributed by atoms with E-state index in [4.69, 9.17) is 0 Å². The summed E-state index contributed by atoms with van der Waals surface area (Å²) in [6.45, 7) is 3.16. The summed E-state index contributed by atoms with van der Waals surface area (Å²) < 4.78 is 0. The first-order valence-corrected chi connectivity index (χ1v) is 8.37. The molecule has 3 rings (SSSR count). The second-order valence-electron chi connectivity index (χ2n) is 6.72. The van der Waals surface area contributed by atoms with Gasteiger partial charge in [-0.1, -0.05) is 32.1 Å². The SMILES string of the molecule is O=C(C1CCCCCCC1)N1CCC2NCCC2C1. The Balaban J connectivity index is 1.56. The first kappa shape index (κ1) is 13.4. The lowest BCUT2D eigenvalue weighted by Crippen LogP contribution is -2.48. The van der Waals surface area contributed by atoms with Crippen LogP contribution in [0.2, 0.25) is 0 Å². The van der Waals surface area contributed by atoms with E-state index in [2.05, 4.69) is 10.2 Å². The quantitative estimate of drug-likeness (QED) is 0.789. The van der Waals surface area contributed by atoms with Gasteiger partial charge in [0.05, 0.1) is 0 Å². The Morgan fingerprint density at radius 3 is 2.47 bits per heavy atom. The average Bonchev–Trinajstić information content (AvgIpc) is 2.84. The van der Waals surface area contributed by atoms with Crippen molar-refractivity contribution in [3.8, 4) is 0 Å². The van der Waals surface area contributed by atoms with Gasteiger partial charge in [-0.05, 0) is 38.1 Å². The van der Waals surface area contributed by atoms with Crippen LogP contribution in [0, 0.1) is 11.8 Å². The van der Waals surface area contributed by atoms with Crippen LogP contribution >= 0.6 is 0 Å². The molecular weight excluding hydrogens is 236 g/mol. The number of carbonyl (C=O) groups excluding carboxylic acids is 1. The summed E-state index contributed by atoms with van der Waals surface area (Å²) in [5, 5.41) is 3.58. The highest BCUT2D eigenvalue weighted by Gasteiger charge is 2.35. The van der Waals surface area contributed by atoms with E-state index in [0.29, 0.717) is 17.9 Å². The van der Waals surface area contributed by atoms with Gasteiger partial charge in [0.1, 0.15) is 0 Å². The largest absolute Gasteiger partial charge is 0.342 e. The van der Waals surface area contributed by atoms with Crippen LogP contribution in [0.3, 0.4) is 0 Å². The summed E-state index contributed by atoms with van der Waals surface area (Å²) in [5.74, 6) is 1.55. The number of nitrogens with one attached hydrogen (secondary N) is 1. The summed E-state index contributed by atoms with van der Waals surface area (Å²) in [5.41, 5.74) is 0. The van der Waals surface area contributed by atoms with Gasteiger partial charge in [0.15, 0.2) is 0 Å². The van der Waals surface area contributed by atoms with Crippen molar-refractivity contribution in [2.24, 2.45) is 11.8 Å². The number of nitrogens with zero attached hydrogens (tertiary/aromatic N) is 1. The monoisotopic (exact) mass is 264 g/mol. The van der Waals surface area contributed by atoms with Crippen LogP contribution in [0.1, 0.15) is 57.8 Å². The Morgan fingerprint density at radius 2 is 1.68 bits per heavy atom. The van der Waals surface area contributed by atoms with E-state index in [-0.39, 0.29) is 0 Å². The van der Waals surface area contributed by atoms with E-state index >= 15 is 0 Å². The molecule has 1 N–H and O–H groups in total. The summed E-state index contributed by atoms with van der Waals surface area (Å²) in [4.78, 5) is 14.9. The number of amides is 1. The second-order valence-corrected chi connectivity index (χ2v) is 6.72. The standard InChI is InChI=1S/C16H28N2O/c19-16(13-6-4-2-1-3-5-7-13)18-11-9-15-14(12-18)8-10-17-15/h13-15,17H,1-12H2. The number of hydrogen-bond donors (Lipinski definition) is 1. The van der Waals surface area contributed by atoms with Gasteiger partial charge in [-0.25, -0.2) is 0 Å². The zero-order valence-electron chi connectivity index (χ0n) is 12.1. The van der Waals surface area contributed by atoms with Crippen molar-refractivity contribution < 1.29 is 4.79 Å². The van der Waals surface area contributed by atoms with Crippen molar-refractivity contribution in [2.45, 2.75) is 63.8 Å². The van der Waals surface area contributed by atoms with Crippen molar-refractivity contribution in [3.63, 3.8) is 0 Å². The van der Waals surface area contributed by atoms with Gasteiger partial charge in [-0.15, -0.1) is 0 Å². The molecule has 1 saturated carbocycles. The van der Waals surface area contributed by atoms with Crippen LogP contribution < -0.4 is 5.32 Å². The molecule has 0 bridgehead atoms. The Kier molecular flexibility index (Phi) is 4.42. The number of carbonyl (C=O) groups is 1. The van der Waals surface area contributed by atoms with E-state index in [9.17, 15) is 4.79 Å². The number of likely N-dealkylation sites (tertiary alicyclic amines) is 1. The Labute approximate surface area is 117 Å². The molecule has 2 saturated heterocycles. The maximum absolute atomic E-state index is 12.7. The number of hydrogen-bond acceptors (Lipinski definition) is 2. The minimum atomic E-state index is 0.339. The maximum atomic E-state index is 12.7. The molecule has 2 atom stereocenters. The number of rotatable bonds is 1. The fraction of sp³-hybridized carbons (Fsp3) is 0.938. The molecule has 108 valence electrons. The van der Waals surface area contributed by atoms with Crippen molar-refractivity contribution in [1.29, 1.82) is 0 Å². The molecule has 3 nitrogen and oxygen atoms in total. The van der Waals surface area contributed by atoms with Crippen LogP contribution in [-0.2, 0) is 4.79 Å². The van der Waals surface area contributed by atoms with Gasteiger partial charge >= 0.3 is 0 Å². The lowest BCUT2D eigenvalue weighted by molar-refractivity contribution is -0.138. The summed E-state index contributed by atoms with van der Waals surface area (Å²) >= 11 is 0. The molecule has 0 aromatic carbocycles. The van der Waals surface area contributed by atoms with Crippen LogP contribution in [0.5, 0.6) is 0 Å². The summed E-state index contributed by atoms with van der Waals surface area (Å²) in [6, 6.07) is 0.696. The van der Waals surface area contributed by atoms with Gasteiger partial charge in [0, 0.05) is 25.0 Å². The van der Waals surface area contributed by atoms with Gasteiger partial charge < -0.3 is 10.2 Å². The predicted molar refractivity (Wildman–Crippen MR) is 76.9 cm³/mol. The average molecular weight is 264 g/mol. The van der Waals surface area contributed by atoms with E-state index in [1.807, 2.05) is 0 Å². The molecular formula is C16H28N2O. The zero-order chi connectivity index (χ0) is 13.1. The van der Waals surface area contributed by atoms with Crippen LogP contribution in [0.25, 0.3) is 0 Å². The minimum Gasteiger partial charge on any atom is -0.342 e. The molecule has 0 radical (unpaired) electrons. The van der Waals surface area contributed by atoms with Gasteiger partial charge in [-0.3, -0.25) is 4.79 Å². The van der Waals surface area contributed by atoms with Gasteiger partial charge in [-0.2, -0.15) is 0 Å². The fourth-order valence-electron chi connectivity index (χ4n) is 4.21. The molecule has 0 aromatic heterocycles. The normalized spacial score (nSPS) is 33.6. The second kappa shape index (κ2) is 6.25. The predicted octanol–water partition coefficient (Wildman–Crippen LogP) is 2.56. The molecule has 1 aliphatic carbocycles. The zero-order valence-corrected chi connectivity index (χ0v) is 12.1. The molecule has 1 amide bonds. The third kappa shape index (κ3) is 3.13. The highest BCUT2D eigenvalue weighted by Crippen LogP contribution is 2.29. The van der Waals surface area contributed by atoms with Crippen LogP contribution in [0.4, 0.5) is 0 Å². The topological polar surface area (TPSA) is 32.3 Å². The first-order chi connectivity index (χ1) is 9.34. The maximum Gasteiger partial charge on any atom is 0.225 e. The van der Waals surface area contributed by atoms with Crippen molar-refractivity contribution in [1.82, 2.24) is 10.2 Å². The van der Waals surface area contributed by atoms with E-state index < -0.39 is 0 Å². The van der Waals surface area contributed by atoms with Gasteiger partial charge in [0.2, 0.25) is 5.91 Å². The van der Waals surface area contributed by atoms with Gasteiger partial charge in [0.25, 0.3) is 0 Å². The Hall–Kier alpha value is -0.570. The Bertz CT molecular complexity index is 310. The lowest BCUT2D eigenvalue weighted by Gasteiger charge is -2.37. The molecule has 0 spiro atoms. The highest BCUT2D eigenvalue weighted by atomic mass is 16.2. The third-order valence-corrected chi connectivity index (χ3v) is 5.42. The van der Waals surface area contributed by atoms with Crippen LogP contribution in [0.15, 0.2) is 0 Å². The van der Waals surface area contributed by atoms with Crippen molar-refractivity contribution >= 4 is 5.91 Å². The first-order valence-electron chi connectivity index (χ1n) is 8.37. The molecule has 2 heterocycles. The van der Waals surface area contributed by atoms with Crippen LogP contribution in [-0.4, -0.2) is 36.5 Å². The van der Waals surface area contributed by atoms with Crippen molar-refractivity contribution in [2.75, 3.05) is 19.6 Å². The fourth-order valence-corrected chi connectivity index (χ4v) is 4.21. The van der Waals surface area contributed by atoms with E-state index in [1.165, 1.54) is 44.9 Å². The summed E-state index contributed by atoms with van der Waals surface area (Å²) in [6.07, 6.45) is 11.3. The number of piperidine rings is 1. The van der Waals surface area contributed by atoms with E-state index in [0.717, 1.165) is 38.4 Å². The molecule has 2 aliphatic heterocycles. The lowest BCUT2D eigenvalue weighted by atomic mass is 9.88. The molecule has 0 aromatic rings. The van der Waals surface area contributed by atoms with E-state index in [1.54, 1.807) is 0 Å². The molecule has 2 unspecified atom stereocenters. The molecule has 3 fully saturated rings. The molecule has 19 heavy (non-hydrogen) atoms. The summed E-state index contributed by atoms with van der Waals surface area (Å²) in [7, 11) is 0. The Morgan fingerprint density at radius 1 is 0.947 bits per heavy atom. The van der Waals surface area contributed by atoms with Crippen molar-refractivity contribution in [3.05, 3.63) is 0 Å². The molecule has 3 aliphatic rings. The molecule has 3 heteroatoms. The smallest absolute Gasteiger partial charge is 0.225 e. The third-order valence-electron chi connectivity index (χ3n) is 5.42. The minimum absolute atomic E-state index is 0.339. The number of fused-ring (bicyclic) bond motifs is 1. The highest BCUT2D eigenvalue weighted by molar-refractivity contribution is 5.79.